The number of amides is 1. The quantitative estimate of drug-likeness (QED) is 0.748. The Kier molecular flexibility index (Phi) is 5.16. The van der Waals surface area contributed by atoms with Crippen molar-refractivity contribution < 1.29 is 15.0 Å². The highest BCUT2D eigenvalue weighted by Crippen LogP contribution is 2.24. The molecule has 1 aromatic rings. The van der Waals surface area contributed by atoms with Gasteiger partial charge in [0.15, 0.2) is 0 Å². The minimum absolute atomic E-state index is 0.0311. The van der Waals surface area contributed by atoms with Crippen LogP contribution in [0, 0.1) is 13.8 Å². The van der Waals surface area contributed by atoms with Gasteiger partial charge in [-0.25, -0.2) is 0 Å². The molecule has 100 valence electrons. The molecule has 4 nitrogen and oxygen atoms in total. The molecule has 0 fully saturated rings. The van der Waals surface area contributed by atoms with E-state index in [1.165, 1.54) is 0 Å². The van der Waals surface area contributed by atoms with Gasteiger partial charge in [0.1, 0.15) is 5.75 Å². The first-order valence-electron chi connectivity index (χ1n) is 6.22. The van der Waals surface area contributed by atoms with Crippen molar-refractivity contribution in [2.75, 3.05) is 6.54 Å². The number of aromatic hydroxyl groups is 1. The van der Waals surface area contributed by atoms with Crippen molar-refractivity contribution in [1.82, 2.24) is 5.32 Å². The van der Waals surface area contributed by atoms with Crippen molar-refractivity contribution in [2.45, 2.75) is 39.7 Å². The number of benzene rings is 1. The molecule has 0 aliphatic rings. The first-order chi connectivity index (χ1) is 8.47. The van der Waals surface area contributed by atoms with Gasteiger partial charge < -0.3 is 15.5 Å². The minimum Gasteiger partial charge on any atom is -0.507 e. The summed E-state index contributed by atoms with van der Waals surface area (Å²) < 4.78 is 0. The van der Waals surface area contributed by atoms with Crippen LogP contribution in [0.25, 0.3) is 0 Å². The van der Waals surface area contributed by atoms with Gasteiger partial charge in [-0.05, 0) is 43.9 Å². The molecule has 0 heterocycles. The van der Waals surface area contributed by atoms with Crippen molar-refractivity contribution in [3.63, 3.8) is 0 Å². The van der Waals surface area contributed by atoms with Gasteiger partial charge in [-0.3, -0.25) is 4.79 Å². The Balaban J connectivity index is 2.65. The Morgan fingerprint density at radius 3 is 2.67 bits per heavy atom. The molecule has 0 aromatic heterocycles. The van der Waals surface area contributed by atoms with Crippen LogP contribution in [0.4, 0.5) is 0 Å². The number of rotatable bonds is 5. The Bertz CT molecular complexity index is 429. The molecule has 1 rings (SSSR count). The molecule has 1 unspecified atom stereocenters. The fourth-order valence-corrected chi connectivity index (χ4v) is 1.64. The maximum Gasteiger partial charge on any atom is 0.255 e. The van der Waals surface area contributed by atoms with E-state index in [1.54, 1.807) is 13.0 Å². The van der Waals surface area contributed by atoms with Gasteiger partial charge in [-0.1, -0.05) is 13.0 Å². The summed E-state index contributed by atoms with van der Waals surface area (Å²) in [6.07, 6.45) is 0.803. The Hall–Kier alpha value is -1.55. The third kappa shape index (κ3) is 3.47. The van der Waals surface area contributed by atoms with Crippen molar-refractivity contribution in [2.24, 2.45) is 0 Å². The number of carbonyl (C=O) groups is 1. The SMILES string of the molecule is CCC(O)CCNC(=O)c1ccc(C)c(C)c1O. The minimum atomic E-state index is -0.390. The maximum atomic E-state index is 11.8. The number of phenols is 1. The largest absolute Gasteiger partial charge is 0.507 e. The zero-order chi connectivity index (χ0) is 13.7. The lowest BCUT2D eigenvalue weighted by Crippen LogP contribution is -2.27. The molecule has 1 aromatic carbocycles. The van der Waals surface area contributed by atoms with E-state index in [0.29, 0.717) is 19.4 Å². The molecule has 18 heavy (non-hydrogen) atoms. The van der Waals surface area contributed by atoms with Gasteiger partial charge in [0.05, 0.1) is 11.7 Å². The number of nitrogens with one attached hydrogen (secondary N) is 1. The highest BCUT2D eigenvalue weighted by Gasteiger charge is 2.13. The zero-order valence-corrected chi connectivity index (χ0v) is 11.2. The van der Waals surface area contributed by atoms with Crippen LogP contribution in [-0.4, -0.2) is 28.8 Å². The number of aryl methyl sites for hydroxylation is 1. The fourth-order valence-electron chi connectivity index (χ4n) is 1.64. The van der Waals surface area contributed by atoms with Crippen molar-refractivity contribution in [1.29, 1.82) is 0 Å². The summed E-state index contributed by atoms with van der Waals surface area (Å²) >= 11 is 0. The first-order valence-corrected chi connectivity index (χ1v) is 6.22. The van der Waals surface area contributed by atoms with Crippen LogP contribution in [0.5, 0.6) is 5.75 Å². The normalized spacial score (nSPS) is 12.2. The van der Waals surface area contributed by atoms with Gasteiger partial charge >= 0.3 is 0 Å². The molecule has 0 aliphatic heterocycles. The summed E-state index contributed by atoms with van der Waals surface area (Å²) in [5, 5.41) is 22.0. The van der Waals surface area contributed by atoms with E-state index >= 15 is 0 Å². The van der Waals surface area contributed by atoms with Gasteiger partial charge in [0, 0.05) is 6.54 Å². The summed E-state index contributed by atoms with van der Waals surface area (Å²) in [7, 11) is 0. The van der Waals surface area contributed by atoms with E-state index in [0.717, 1.165) is 11.1 Å². The highest BCUT2D eigenvalue weighted by molar-refractivity contribution is 5.97. The third-order valence-corrected chi connectivity index (χ3v) is 3.18. The summed E-state index contributed by atoms with van der Waals surface area (Å²) in [5.41, 5.74) is 1.95. The number of aliphatic hydroxyl groups excluding tert-OH is 1. The van der Waals surface area contributed by atoms with Crippen LogP contribution in [0.15, 0.2) is 12.1 Å². The van der Waals surface area contributed by atoms with Gasteiger partial charge in [0.2, 0.25) is 0 Å². The Morgan fingerprint density at radius 2 is 2.06 bits per heavy atom. The molecule has 4 heteroatoms. The van der Waals surface area contributed by atoms with Crippen molar-refractivity contribution in [3.8, 4) is 5.75 Å². The van der Waals surface area contributed by atoms with Crippen LogP contribution in [0.2, 0.25) is 0 Å². The van der Waals surface area contributed by atoms with E-state index in [1.807, 2.05) is 19.9 Å². The lowest BCUT2D eigenvalue weighted by atomic mass is 10.0. The topological polar surface area (TPSA) is 69.6 Å². The van der Waals surface area contributed by atoms with Crippen LogP contribution < -0.4 is 5.32 Å². The molecule has 1 amide bonds. The van der Waals surface area contributed by atoms with Crippen LogP contribution >= 0.6 is 0 Å². The molecule has 3 N–H and O–H groups in total. The van der Waals surface area contributed by atoms with Crippen LogP contribution in [-0.2, 0) is 0 Å². The molecule has 0 aliphatic carbocycles. The molecular weight excluding hydrogens is 230 g/mol. The van der Waals surface area contributed by atoms with Crippen molar-refractivity contribution >= 4 is 5.91 Å². The van der Waals surface area contributed by atoms with E-state index < -0.39 is 6.10 Å². The molecular formula is C14H21NO3. The third-order valence-electron chi connectivity index (χ3n) is 3.18. The summed E-state index contributed by atoms with van der Waals surface area (Å²) in [6.45, 7) is 5.96. The predicted molar refractivity (Wildman–Crippen MR) is 70.8 cm³/mol. The van der Waals surface area contributed by atoms with E-state index in [4.69, 9.17) is 0 Å². The number of hydrogen-bond acceptors (Lipinski definition) is 3. The van der Waals surface area contributed by atoms with E-state index in [-0.39, 0.29) is 17.2 Å². The van der Waals surface area contributed by atoms with Crippen LogP contribution in [0.3, 0.4) is 0 Å². The summed E-state index contributed by atoms with van der Waals surface area (Å²) in [6, 6.07) is 3.42. The number of hydrogen-bond donors (Lipinski definition) is 3. The Labute approximate surface area is 108 Å². The molecule has 0 saturated carbocycles. The molecule has 0 spiro atoms. The summed E-state index contributed by atoms with van der Waals surface area (Å²) in [4.78, 5) is 11.8. The Morgan fingerprint density at radius 1 is 1.39 bits per heavy atom. The average Bonchev–Trinajstić information content (AvgIpc) is 2.35. The second-order valence-electron chi connectivity index (χ2n) is 4.51. The van der Waals surface area contributed by atoms with E-state index in [9.17, 15) is 15.0 Å². The summed E-state index contributed by atoms with van der Waals surface area (Å²) in [5.74, 6) is -0.276. The average molecular weight is 251 g/mol. The second-order valence-corrected chi connectivity index (χ2v) is 4.51. The molecule has 1 atom stereocenters. The maximum absolute atomic E-state index is 11.8. The van der Waals surface area contributed by atoms with Gasteiger partial charge in [-0.15, -0.1) is 0 Å². The predicted octanol–water partition coefficient (Wildman–Crippen LogP) is 1.90. The lowest BCUT2D eigenvalue weighted by Gasteiger charge is -2.11. The number of phenolic OH excluding ortho intramolecular Hbond substituents is 1. The lowest BCUT2D eigenvalue weighted by molar-refractivity contribution is 0.0939. The monoisotopic (exact) mass is 251 g/mol. The smallest absolute Gasteiger partial charge is 0.255 e. The molecule has 0 bridgehead atoms. The fraction of sp³-hybridized carbons (Fsp3) is 0.500. The zero-order valence-electron chi connectivity index (χ0n) is 11.2. The standard InChI is InChI=1S/C14H21NO3/c1-4-11(16)7-8-15-14(18)12-6-5-9(2)10(3)13(12)17/h5-6,11,16-17H,4,7-8H2,1-3H3,(H,15,18). The molecule has 0 saturated heterocycles. The number of carbonyl (C=O) groups excluding carboxylic acids is 1. The number of aliphatic hydroxyl groups is 1. The van der Waals surface area contributed by atoms with Crippen LogP contribution in [0.1, 0.15) is 41.3 Å². The van der Waals surface area contributed by atoms with Gasteiger partial charge in [0.25, 0.3) is 5.91 Å². The highest BCUT2D eigenvalue weighted by atomic mass is 16.3. The first kappa shape index (κ1) is 14.5. The second kappa shape index (κ2) is 6.40. The van der Waals surface area contributed by atoms with E-state index in [2.05, 4.69) is 5.32 Å². The van der Waals surface area contributed by atoms with Gasteiger partial charge in [-0.2, -0.15) is 0 Å². The molecule has 0 radical (unpaired) electrons. The van der Waals surface area contributed by atoms with Crippen molar-refractivity contribution in [3.05, 3.63) is 28.8 Å².